The molecule has 1 atom stereocenters. The second kappa shape index (κ2) is 7.08. The van der Waals surface area contributed by atoms with E-state index in [2.05, 4.69) is 0 Å². The van der Waals surface area contributed by atoms with Crippen molar-refractivity contribution in [1.82, 2.24) is 0 Å². The Labute approximate surface area is 110 Å². The first kappa shape index (κ1) is 13.7. The Balaban J connectivity index is 0.00000144. The van der Waals surface area contributed by atoms with Gasteiger partial charge in [0.1, 0.15) is 0 Å². The molecule has 0 aromatic carbocycles. The van der Waals surface area contributed by atoms with E-state index in [1.165, 1.54) is 19.3 Å². The summed E-state index contributed by atoms with van der Waals surface area (Å²) in [4.78, 5) is 10.8. The summed E-state index contributed by atoms with van der Waals surface area (Å²) in [6.07, 6.45) is 6.81. The molecule has 0 heterocycles. The fourth-order valence-corrected chi connectivity index (χ4v) is 2.25. The third-order valence-electron chi connectivity index (χ3n) is 2.98. The molecule has 1 N–H and O–H groups in total. The van der Waals surface area contributed by atoms with E-state index < -0.39 is 5.97 Å². The van der Waals surface area contributed by atoms with E-state index in [4.69, 9.17) is 5.11 Å². The Morgan fingerprint density at radius 1 is 1.38 bits per heavy atom. The van der Waals surface area contributed by atoms with E-state index in [1.807, 2.05) is 6.92 Å². The fourth-order valence-electron chi connectivity index (χ4n) is 2.25. The van der Waals surface area contributed by atoms with Crippen molar-refractivity contribution in [1.29, 1.82) is 0 Å². The molecule has 1 unspecified atom stereocenters. The standard InChI is InChI=1S/C10H18O2.Ca.2H/c1-2-9(10(11)12)8-6-4-3-5-7-8;;;/h8-9H,2-7H2,1H3,(H,11,12);;;. The van der Waals surface area contributed by atoms with Gasteiger partial charge in [0.25, 0.3) is 0 Å². The maximum atomic E-state index is 10.8. The molecular weight excluding hydrogens is 192 g/mol. The predicted molar refractivity (Wildman–Crippen MR) is 56.5 cm³/mol. The molecule has 0 aromatic heterocycles. The van der Waals surface area contributed by atoms with Gasteiger partial charge in [-0.2, -0.15) is 0 Å². The molecule has 1 aliphatic carbocycles. The van der Waals surface area contributed by atoms with Crippen LogP contribution >= 0.6 is 0 Å². The van der Waals surface area contributed by atoms with E-state index in [-0.39, 0.29) is 43.7 Å². The third kappa shape index (κ3) is 4.18. The Kier molecular flexibility index (Phi) is 7.48. The molecule has 0 aromatic rings. The van der Waals surface area contributed by atoms with Gasteiger partial charge in [-0.15, -0.1) is 0 Å². The van der Waals surface area contributed by atoms with E-state index in [0.717, 1.165) is 19.3 Å². The zero-order valence-corrected chi connectivity index (χ0v) is 7.75. The van der Waals surface area contributed by atoms with Crippen LogP contribution in [-0.2, 0) is 4.79 Å². The minimum atomic E-state index is -0.593. The van der Waals surface area contributed by atoms with Crippen molar-refractivity contribution in [2.24, 2.45) is 11.8 Å². The molecule has 13 heavy (non-hydrogen) atoms. The van der Waals surface area contributed by atoms with Gasteiger partial charge in [0.05, 0.1) is 5.92 Å². The second-order valence-electron chi connectivity index (χ2n) is 3.75. The molecular formula is C10H20CaO2. The summed E-state index contributed by atoms with van der Waals surface area (Å²) in [5.74, 6) is -0.212. The molecule has 2 nitrogen and oxygen atoms in total. The molecule has 1 rings (SSSR count). The average Bonchev–Trinajstić information content (AvgIpc) is 2.07. The van der Waals surface area contributed by atoms with Crippen LogP contribution in [0.1, 0.15) is 45.4 Å². The van der Waals surface area contributed by atoms with E-state index in [1.54, 1.807) is 0 Å². The topological polar surface area (TPSA) is 37.3 Å². The Hall–Kier alpha value is 0.730. The number of hydrogen-bond donors (Lipinski definition) is 1. The van der Waals surface area contributed by atoms with Crippen molar-refractivity contribution in [2.45, 2.75) is 45.4 Å². The first-order valence-electron chi connectivity index (χ1n) is 4.98. The van der Waals surface area contributed by atoms with Gasteiger partial charge in [-0.1, -0.05) is 26.2 Å². The van der Waals surface area contributed by atoms with Crippen LogP contribution < -0.4 is 0 Å². The van der Waals surface area contributed by atoms with E-state index in [0.29, 0.717) is 5.92 Å². The van der Waals surface area contributed by atoms with Crippen LogP contribution in [-0.4, -0.2) is 48.8 Å². The zero-order chi connectivity index (χ0) is 8.97. The van der Waals surface area contributed by atoms with Crippen LogP contribution in [0, 0.1) is 11.8 Å². The number of carboxylic acids is 1. The SMILES string of the molecule is CCC(C(=O)O)C1CCCCC1.[CaH2]. The normalized spacial score (nSPS) is 20.4. The van der Waals surface area contributed by atoms with Crippen molar-refractivity contribution in [3.63, 3.8) is 0 Å². The first-order chi connectivity index (χ1) is 5.75. The summed E-state index contributed by atoms with van der Waals surface area (Å²) >= 11 is 0. The molecule has 1 fully saturated rings. The van der Waals surface area contributed by atoms with Gasteiger partial charge in [0, 0.05) is 0 Å². The molecule has 0 bridgehead atoms. The zero-order valence-electron chi connectivity index (χ0n) is 7.75. The minimum absolute atomic E-state index is 0. The van der Waals surface area contributed by atoms with Crippen molar-refractivity contribution in [2.75, 3.05) is 0 Å². The summed E-state index contributed by atoms with van der Waals surface area (Å²) in [5.41, 5.74) is 0. The van der Waals surface area contributed by atoms with Gasteiger partial charge in [-0.25, -0.2) is 0 Å². The second-order valence-corrected chi connectivity index (χ2v) is 3.75. The molecule has 74 valence electrons. The van der Waals surface area contributed by atoms with Crippen LogP contribution in [0.3, 0.4) is 0 Å². The van der Waals surface area contributed by atoms with Crippen molar-refractivity contribution in [3.05, 3.63) is 0 Å². The molecule has 0 radical (unpaired) electrons. The van der Waals surface area contributed by atoms with Crippen LogP contribution in [0.2, 0.25) is 0 Å². The van der Waals surface area contributed by atoms with Crippen LogP contribution in [0.15, 0.2) is 0 Å². The van der Waals surface area contributed by atoms with Crippen LogP contribution in [0.25, 0.3) is 0 Å². The molecule has 1 saturated carbocycles. The Bertz CT molecular complexity index is 153. The summed E-state index contributed by atoms with van der Waals surface area (Å²) < 4.78 is 0. The summed E-state index contributed by atoms with van der Waals surface area (Å²) in [6.45, 7) is 1.98. The van der Waals surface area contributed by atoms with Gasteiger partial charge in [-0.3, -0.25) is 4.79 Å². The van der Waals surface area contributed by atoms with Crippen molar-refractivity contribution < 1.29 is 9.90 Å². The predicted octanol–water partition coefficient (Wildman–Crippen LogP) is 1.76. The number of hydrogen-bond acceptors (Lipinski definition) is 1. The Morgan fingerprint density at radius 3 is 2.31 bits per heavy atom. The average molecular weight is 212 g/mol. The fraction of sp³-hybridized carbons (Fsp3) is 0.900. The van der Waals surface area contributed by atoms with Gasteiger partial charge < -0.3 is 5.11 Å². The molecule has 0 spiro atoms. The van der Waals surface area contributed by atoms with Crippen LogP contribution in [0.5, 0.6) is 0 Å². The van der Waals surface area contributed by atoms with E-state index >= 15 is 0 Å². The molecule has 0 aliphatic heterocycles. The quantitative estimate of drug-likeness (QED) is 0.724. The van der Waals surface area contributed by atoms with Crippen molar-refractivity contribution >= 4 is 43.7 Å². The molecule has 1 aliphatic rings. The Morgan fingerprint density at radius 2 is 1.92 bits per heavy atom. The monoisotopic (exact) mass is 212 g/mol. The number of aliphatic carboxylic acids is 1. The van der Waals surface area contributed by atoms with Crippen molar-refractivity contribution in [3.8, 4) is 0 Å². The summed E-state index contributed by atoms with van der Waals surface area (Å²) in [6, 6.07) is 0. The van der Waals surface area contributed by atoms with Gasteiger partial charge >= 0.3 is 43.7 Å². The maximum absolute atomic E-state index is 10.8. The van der Waals surface area contributed by atoms with Gasteiger partial charge in [0.15, 0.2) is 0 Å². The molecule has 3 heteroatoms. The van der Waals surface area contributed by atoms with Crippen LogP contribution in [0.4, 0.5) is 0 Å². The number of rotatable bonds is 3. The summed E-state index contributed by atoms with van der Waals surface area (Å²) in [7, 11) is 0. The first-order valence-corrected chi connectivity index (χ1v) is 4.98. The molecule has 0 amide bonds. The van der Waals surface area contributed by atoms with E-state index in [9.17, 15) is 4.79 Å². The number of carboxylic acid groups (broad SMARTS) is 1. The summed E-state index contributed by atoms with van der Waals surface area (Å²) in [5, 5.41) is 8.93. The molecule has 0 saturated heterocycles. The van der Waals surface area contributed by atoms with Gasteiger partial charge in [-0.05, 0) is 25.2 Å². The van der Waals surface area contributed by atoms with Gasteiger partial charge in [0.2, 0.25) is 0 Å². The number of carbonyl (C=O) groups is 1. The third-order valence-corrected chi connectivity index (χ3v) is 2.98.